The molecule has 26 heavy (non-hydrogen) atoms. The summed E-state index contributed by atoms with van der Waals surface area (Å²) in [5.41, 5.74) is 1.51. The molecule has 1 aliphatic heterocycles. The summed E-state index contributed by atoms with van der Waals surface area (Å²) in [6.07, 6.45) is 2.88. The van der Waals surface area contributed by atoms with Gasteiger partial charge in [0.1, 0.15) is 13.2 Å². The predicted molar refractivity (Wildman–Crippen MR) is 97.3 cm³/mol. The number of esters is 1. The molecule has 0 N–H and O–H groups in total. The Hall–Kier alpha value is -3.28. The molecule has 2 aromatic carbocycles. The highest BCUT2D eigenvalue weighted by Crippen LogP contribution is 2.31. The molecule has 0 aromatic heterocycles. The number of benzene rings is 2. The third kappa shape index (κ3) is 4.42. The minimum absolute atomic E-state index is 0.308. The molecule has 0 bridgehead atoms. The molecule has 0 radical (unpaired) electrons. The van der Waals surface area contributed by atoms with Crippen molar-refractivity contribution in [3.05, 3.63) is 60.2 Å². The quantitative estimate of drug-likeness (QED) is 0.611. The maximum atomic E-state index is 12.1. The van der Waals surface area contributed by atoms with Crippen LogP contribution in [0.15, 0.2) is 54.6 Å². The average Bonchev–Trinajstić information content (AvgIpc) is 2.70. The van der Waals surface area contributed by atoms with E-state index >= 15 is 0 Å². The molecular formula is C20H19NO5. The van der Waals surface area contributed by atoms with Gasteiger partial charge in [-0.05, 0) is 35.9 Å². The van der Waals surface area contributed by atoms with E-state index in [1.165, 1.54) is 11.0 Å². The first-order valence-electron chi connectivity index (χ1n) is 8.19. The van der Waals surface area contributed by atoms with Crippen molar-refractivity contribution in [1.82, 2.24) is 0 Å². The molecule has 1 aliphatic rings. The normalized spacial score (nSPS) is 12.7. The molecule has 6 heteroatoms. The number of carbonyl (C=O) groups is 2. The van der Waals surface area contributed by atoms with E-state index in [1.807, 2.05) is 36.4 Å². The third-order valence-corrected chi connectivity index (χ3v) is 3.83. The van der Waals surface area contributed by atoms with Gasteiger partial charge in [0, 0.05) is 18.8 Å². The standard InChI is InChI=1S/C20H19NO5/c1-21(16-5-3-2-4-6-16)19(22)14-26-20(23)10-8-15-7-9-17-18(13-15)25-12-11-24-17/h2-10,13H,11-12,14H2,1H3/b10-8+. The maximum absolute atomic E-state index is 12.1. The largest absolute Gasteiger partial charge is 0.486 e. The number of amides is 1. The Morgan fingerprint density at radius 3 is 2.58 bits per heavy atom. The summed E-state index contributed by atoms with van der Waals surface area (Å²) in [6.45, 7) is 0.703. The number of nitrogens with zero attached hydrogens (tertiary/aromatic N) is 1. The van der Waals surface area contributed by atoms with Crippen molar-refractivity contribution in [2.24, 2.45) is 0 Å². The first-order chi connectivity index (χ1) is 12.6. The molecule has 0 saturated heterocycles. The number of likely N-dealkylation sites (N-methyl/N-ethyl adjacent to an activating group) is 1. The molecule has 3 rings (SSSR count). The second-order valence-electron chi connectivity index (χ2n) is 5.63. The van der Waals surface area contributed by atoms with Crippen LogP contribution in [0.25, 0.3) is 6.08 Å². The topological polar surface area (TPSA) is 65.1 Å². The van der Waals surface area contributed by atoms with Gasteiger partial charge in [0.05, 0.1) is 0 Å². The summed E-state index contributed by atoms with van der Waals surface area (Å²) in [4.78, 5) is 25.4. The van der Waals surface area contributed by atoms with Crippen LogP contribution in [0, 0.1) is 0 Å². The van der Waals surface area contributed by atoms with Gasteiger partial charge in [0.2, 0.25) is 0 Å². The molecular weight excluding hydrogens is 334 g/mol. The minimum atomic E-state index is -0.588. The van der Waals surface area contributed by atoms with Gasteiger partial charge in [-0.15, -0.1) is 0 Å². The Bertz CT molecular complexity index is 816. The molecule has 0 aliphatic carbocycles. The van der Waals surface area contributed by atoms with E-state index in [9.17, 15) is 9.59 Å². The van der Waals surface area contributed by atoms with Gasteiger partial charge in [-0.1, -0.05) is 24.3 Å². The molecule has 1 amide bonds. The van der Waals surface area contributed by atoms with Crippen LogP contribution in [-0.4, -0.2) is 38.7 Å². The van der Waals surface area contributed by atoms with Crippen molar-refractivity contribution in [3.63, 3.8) is 0 Å². The van der Waals surface area contributed by atoms with Crippen molar-refractivity contribution < 1.29 is 23.8 Å². The molecule has 1 heterocycles. The summed E-state index contributed by atoms with van der Waals surface area (Å²) in [5.74, 6) is 0.434. The van der Waals surface area contributed by atoms with Gasteiger partial charge < -0.3 is 19.1 Å². The van der Waals surface area contributed by atoms with Crippen LogP contribution in [-0.2, 0) is 14.3 Å². The van der Waals surface area contributed by atoms with Crippen LogP contribution in [0.4, 0.5) is 5.69 Å². The molecule has 0 fully saturated rings. The highest BCUT2D eigenvalue weighted by molar-refractivity contribution is 5.96. The molecule has 0 spiro atoms. The lowest BCUT2D eigenvalue weighted by Gasteiger charge is -2.18. The first kappa shape index (κ1) is 17.5. The zero-order chi connectivity index (χ0) is 18.4. The van der Waals surface area contributed by atoms with Gasteiger partial charge in [-0.2, -0.15) is 0 Å². The monoisotopic (exact) mass is 353 g/mol. The van der Waals surface area contributed by atoms with E-state index in [0.29, 0.717) is 24.7 Å². The van der Waals surface area contributed by atoms with Crippen molar-refractivity contribution >= 4 is 23.6 Å². The highest BCUT2D eigenvalue weighted by atomic mass is 16.6. The van der Waals surface area contributed by atoms with E-state index in [1.54, 1.807) is 25.3 Å². The van der Waals surface area contributed by atoms with Crippen molar-refractivity contribution in [1.29, 1.82) is 0 Å². The Kier molecular flexibility index (Phi) is 5.53. The van der Waals surface area contributed by atoms with E-state index in [-0.39, 0.29) is 12.5 Å². The lowest BCUT2D eigenvalue weighted by atomic mass is 10.2. The highest BCUT2D eigenvalue weighted by Gasteiger charge is 2.13. The van der Waals surface area contributed by atoms with E-state index in [2.05, 4.69) is 0 Å². The van der Waals surface area contributed by atoms with E-state index in [0.717, 1.165) is 11.3 Å². The summed E-state index contributed by atoms with van der Waals surface area (Å²) >= 11 is 0. The molecule has 0 saturated carbocycles. The number of hydrogen-bond acceptors (Lipinski definition) is 5. The second-order valence-corrected chi connectivity index (χ2v) is 5.63. The lowest BCUT2D eigenvalue weighted by Crippen LogP contribution is -2.30. The number of fused-ring (bicyclic) bond motifs is 1. The Labute approximate surface area is 151 Å². The Morgan fingerprint density at radius 1 is 1.08 bits per heavy atom. The maximum Gasteiger partial charge on any atom is 0.331 e. The SMILES string of the molecule is CN(C(=O)COC(=O)/C=C/c1ccc2c(c1)OCCO2)c1ccccc1. The second kappa shape index (κ2) is 8.20. The summed E-state index contributed by atoms with van der Waals surface area (Å²) < 4.78 is 15.9. The van der Waals surface area contributed by atoms with E-state index in [4.69, 9.17) is 14.2 Å². The predicted octanol–water partition coefficient (Wildman–Crippen LogP) is 2.68. The van der Waals surface area contributed by atoms with Crippen LogP contribution in [0.1, 0.15) is 5.56 Å². The minimum Gasteiger partial charge on any atom is -0.486 e. The van der Waals surface area contributed by atoms with Crippen molar-refractivity contribution in [3.8, 4) is 11.5 Å². The summed E-state index contributed by atoms with van der Waals surface area (Å²) in [5, 5.41) is 0. The molecule has 6 nitrogen and oxygen atoms in total. The Balaban J connectivity index is 1.52. The zero-order valence-electron chi connectivity index (χ0n) is 14.4. The van der Waals surface area contributed by atoms with Gasteiger partial charge in [-0.25, -0.2) is 4.79 Å². The van der Waals surface area contributed by atoms with Gasteiger partial charge in [0.25, 0.3) is 5.91 Å². The van der Waals surface area contributed by atoms with Crippen LogP contribution >= 0.6 is 0 Å². The molecule has 0 unspecified atom stereocenters. The van der Waals surface area contributed by atoms with Crippen LogP contribution in [0.2, 0.25) is 0 Å². The fourth-order valence-electron chi connectivity index (χ4n) is 2.40. The van der Waals surface area contributed by atoms with Crippen LogP contribution in [0.5, 0.6) is 11.5 Å². The fourth-order valence-corrected chi connectivity index (χ4v) is 2.40. The number of hydrogen-bond donors (Lipinski definition) is 0. The van der Waals surface area contributed by atoms with Gasteiger partial charge >= 0.3 is 5.97 Å². The number of rotatable bonds is 5. The van der Waals surface area contributed by atoms with Crippen LogP contribution < -0.4 is 14.4 Å². The zero-order valence-corrected chi connectivity index (χ0v) is 14.4. The number of anilines is 1. The molecule has 0 atom stereocenters. The lowest BCUT2D eigenvalue weighted by molar-refractivity contribution is -0.142. The molecule has 134 valence electrons. The van der Waals surface area contributed by atoms with Crippen molar-refractivity contribution in [2.45, 2.75) is 0 Å². The smallest absolute Gasteiger partial charge is 0.331 e. The van der Waals surface area contributed by atoms with Crippen molar-refractivity contribution in [2.75, 3.05) is 31.8 Å². The average molecular weight is 353 g/mol. The van der Waals surface area contributed by atoms with Gasteiger partial charge in [-0.3, -0.25) is 4.79 Å². The number of ether oxygens (including phenoxy) is 3. The summed E-state index contributed by atoms with van der Waals surface area (Å²) in [6, 6.07) is 14.5. The van der Waals surface area contributed by atoms with E-state index < -0.39 is 5.97 Å². The summed E-state index contributed by atoms with van der Waals surface area (Å²) in [7, 11) is 1.64. The Morgan fingerprint density at radius 2 is 1.81 bits per heavy atom. The fraction of sp³-hybridized carbons (Fsp3) is 0.200. The molecule has 2 aromatic rings. The number of para-hydroxylation sites is 1. The third-order valence-electron chi connectivity index (χ3n) is 3.83. The van der Waals surface area contributed by atoms with Gasteiger partial charge in [0.15, 0.2) is 18.1 Å². The number of carbonyl (C=O) groups excluding carboxylic acids is 2. The van der Waals surface area contributed by atoms with Crippen LogP contribution in [0.3, 0.4) is 0 Å². The first-order valence-corrected chi connectivity index (χ1v) is 8.19.